The number of rotatable bonds is 6. The fraction of sp³-hybridized carbons (Fsp3) is 0.538. The van der Waals surface area contributed by atoms with Crippen molar-refractivity contribution in [2.24, 2.45) is 5.73 Å². The average molecular weight is 257 g/mol. The highest BCUT2D eigenvalue weighted by Crippen LogP contribution is 2.21. The Bertz CT molecular complexity index is 342. The second kappa shape index (κ2) is 6.97. The molecule has 0 heterocycles. The molecule has 1 aromatic rings. The maximum Gasteiger partial charge on any atom is 0.0820 e. The van der Waals surface area contributed by atoms with Crippen molar-refractivity contribution in [1.29, 1.82) is 0 Å². The van der Waals surface area contributed by atoms with Crippen LogP contribution in [0.1, 0.15) is 18.5 Å². The van der Waals surface area contributed by atoms with Gasteiger partial charge in [-0.15, -0.1) is 0 Å². The van der Waals surface area contributed by atoms with E-state index in [2.05, 4.69) is 24.9 Å². The number of methoxy groups -OCH3 is 1. The quantitative estimate of drug-likeness (QED) is 0.849. The summed E-state index contributed by atoms with van der Waals surface area (Å²) < 4.78 is 5.29. The molecule has 17 heavy (non-hydrogen) atoms. The van der Waals surface area contributed by atoms with E-state index < -0.39 is 0 Å². The standard InChI is InChI=1S/C13H21ClN2O/c1-10(11-5-4-6-12(14)7-11)16(2)9-13(8-15)17-3/h4-7,10,13H,8-9,15H2,1-3H3. The number of hydrogen-bond donors (Lipinski definition) is 1. The Kier molecular flexibility index (Phi) is 5.92. The molecule has 0 saturated heterocycles. The Morgan fingerprint density at radius 1 is 1.47 bits per heavy atom. The van der Waals surface area contributed by atoms with Gasteiger partial charge in [0.1, 0.15) is 0 Å². The minimum absolute atomic E-state index is 0.0710. The number of halogens is 1. The van der Waals surface area contributed by atoms with Crippen LogP contribution in [0.5, 0.6) is 0 Å². The molecule has 0 fully saturated rings. The molecule has 0 aliphatic carbocycles. The highest BCUT2D eigenvalue weighted by molar-refractivity contribution is 6.30. The second-order valence-corrected chi connectivity index (χ2v) is 4.70. The van der Waals surface area contributed by atoms with Crippen molar-refractivity contribution in [2.75, 3.05) is 27.2 Å². The molecule has 0 radical (unpaired) electrons. The molecule has 0 aliphatic heterocycles. The maximum absolute atomic E-state index is 5.99. The molecule has 0 bridgehead atoms. The third-order valence-corrected chi connectivity index (χ3v) is 3.32. The van der Waals surface area contributed by atoms with Crippen molar-refractivity contribution in [3.8, 4) is 0 Å². The Balaban J connectivity index is 2.66. The third kappa shape index (κ3) is 4.28. The van der Waals surface area contributed by atoms with Crippen LogP contribution >= 0.6 is 11.6 Å². The van der Waals surface area contributed by atoms with E-state index in [0.717, 1.165) is 11.6 Å². The number of nitrogens with two attached hydrogens (primary N) is 1. The van der Waals surface area contributed by atoms with Gasteiger partial charge >= 0.3 is 0 Å². The van der Waals surface area contributed by atoms with E-state index in [1.807, 2.05) is 18.2 Å². The van der Waals surface area contributed by atoms with Crippen LogP contribution in [0.3, 0.4) is 0 Å². The van der Waals surface area contributed by atoms with Crippen molar-refractivity contribution in [1.82, 2.24) is 4.90 Å². The lowest BCUT2D eigenvalue weighted by molar-refractivity contribution is 0.0670. The largest absolute Gasteiger partial charge is 0.379 e. The Labute approximate surface area is 109 Å². The lowest BCUT2D eigenvalue weighted by Gasteiger charge is -2.28. The van der Waals surface area contributed by atoms with E-state index >= 15 is 0 Å². The molecular weight excluding hydrogens is 236 g/mol. The van der Waals surface area contributed by atoms with Crippen LogP contribution < -0.4 is 5.73 Å². The van der Waals surface area contributed by atoms with Gasteiger partial charge < -0.3 is 10.5 Å². The first-order valence-corrected chi connectivity index (χ1v) is 6.14. The topological polar surface area (TPSA) is 38.5 Å². The molecule has 1 rings (SSSR count). The van der Waals surface area contributed by atoms with Crippen LogP contribution in [-0.2, 0) is 4.74 Å². The first-order chi connectivity index (χ1) is 8.08. The summed E-state index contributed by atoms with van der Waals surface area (Å²) in [5, 5.41) is 0.768. The van der Waals surface area contributed by atoms with E-state index in [4.69, 9.17) is 22.1 Å². The Hall–Kier alpha value is -0.610. The number of hydrogen-bond acceptors (Lipinski definition) is 3. The molecule has 0 aliphatic rings. The molecule has 0 spiro atoms. The minimum Gasteiger partial charge on any atom is -0.379 e. The molecule has 0 saturated carbocycles. The molecular formula is C13H21ClN2O. The van der Waals surface area contributed by atoms with Crippen molar-refractivity contribution >= 4 is 11.6 Å². The summed E-state index contributed by atoms with van der Waals surface area (Å²) in [6.45, 7) is 3.48. The molecule has 2 unspecified atom stereocenters. The van der Waals surface area contributed by atoms with Gasteiger partial charge in [0.2, 0.25) is 0 Å². The van der Waals surface area contributed by atoms with Crippen LogP contribution in [0.2, 0.25) is 5.02 Å². The summed E-state index contributed by atoms with van der Waals surface area (Å²) in [6.07, 6.45) is 0.0710. The monoisotopic (exact) mass is 256 g/mol. The number of nitrogens with zero attached hydrogens (tertiary/aromatic N) is 1. The Morgan fingerprint density at radius 2 is 2.18 bits per heavy atom. The zero-order valence-electron chi connectivity index (χ0n) is 10.7. The van der Waals surface area contributed by atoms with Gasteiger partial charge in [0, 0.05) is 31.3 Å². The fourth-order valence-electron chi connectivity index (χ4n) is 1.75. The number of ether oxygens (including phenoxy) is 1. The molecule has 4 heteroatoms. The van der Waals surface area contributed by atoms with Crippen LogP contribution in [0.25, 0.3) is 0 Å². The van der Waals surface area contributed by atoms with Crippen LogP contribution in [0.4, 0.5) is 0 Å². The fourth-order valence-corrected chi connectivity index (χ4v) is 1.94. The summed E-state index contributed by atoms with van der Waals surface area (Å²) in [5.74, 6) is 0. The summed E-state index contributed by atoms with van der Waals surface area (Å²) in [5.41, 5.74) is 6.82. The number of benzene rings is 1. The lowest BCUT2D eigenvalue weighted by Crippen LogP contribution is -2.36. The van der Waals surface area contributed by atoms with Gasteiger partial charge in [0.05, 0.1) is 6.10 Å². The highest BCUT2D eigenvalue weighted by Gasteiger charge is 2.15. The van der Waals surface area contributed by atoms with Crippen molar-refractivity contribution in [2.45, 2.75) is 19.1 Å². The van der Waals surface area contributed by atoms with Gasteiger partial charge in [-0.25, -0.2) is 0 Å². The first-order valence-electron chi connectivity index (χ1n) is 5.77. The SMILES string of the molecule is COC(CN)CN(C)C(C)c1cccc(Cl)c1. The van der Waals surface area contributed by atoms with Gasteiger partial charge in [0.25, 0.3) is 0 Å². The Morgan fingerprint density at radius 3 is 2.71 bits per heavy atom. The van der Waals surface area contributed by atoms with E-state index in [0.29, 0.717) is 6.54 Å². The van der Waals surface area contributed by atoms with Gasteiger partial charge in [-0.2, -0.15) is 0 Å². The summed E-state index contributed by atoms with van der Waals surface area (Å²) in [4.78, 5) is 2.21. The van der Waals surface area contributed by atoms with Gasteiger partial charge in [0.15, 0.2) is 0 Å². The van der Waals surface area contributed by atoms with Gasteiger partial charge in [-0.1, -0.05) is 23.7 Å². The predicted molar refractivity (Wildman–Crippen MR) is 72.3 cm³/mol. The third-order valence-electron chi connectivity index (χ3n) is 3.08. The van der Waals surface area contributed by atoms with E-state index in [1.165, 1.54) is 5.56 Å². The van der Waals surface area contributed by atoms with Crippen molar-refractivity contribution < 1.29 is 4.74 Å². The van der Waals surface area contributed by atoms with Gasteiger partial charge in [-0.3, -0.25) is 4.90 Å². The summed E-state index contributed by atoms with van der Waals surface area (Å²) >= 11 is 5.99. The normalized spacial score (nSPS) is 14.9. The van der Waals surface area contributed by atoms with Crippen molar-refractivity contribution in [3.63, 3.8) is 0 Å². The van der Waals surface area contributed by atoms with E-state index in [1.54, 1.807) is 7.11 Å². The molecule has 0 amide bonds. The predicted octanol–water partition coefficient (Wildman–Crippen LogP) is 2.31. The van der Waals surface area contributed by atoms with Crippen molar-refractivity contribution in [3.05, 3.63) is 34.9 Å². The molecule has 2 atom stereocenters. The highest BCUT2D eigenvalue weighted by atomic mass is 35.5. The molecule has 96 valence electrons. The zero-order chi connectivity index (χ0) is 12.8. The molecule has 2 N–H and O–H groups in total. The molecule has 1 aromatic carbocycles. The minimum atomic E-state index is 0.0710. The van der Waals surface area contributed by atoms with E-state index in [9.17, 15) is 0 Å². The molecule has 3 nitrogen and oxygen atoms in total. The van der Waals surface area contributed by atoms with E-state index in [-0.39, 0.29) is 12.1 Å². The maximum atomic E-state index is 5.99. The van der Waals surface area contributed by atoms with Crippen LogP contribution in [0, 0.1) is 0 Å². The smallest absolute Gasteiger partial charge is 0.0820 e. The first kappa shape index (κ1) is 14.5. The average Bonchev–Trinajstić information content (AvgIpc) is 2.34. The molecule has 0 aromatic heterocycles. The lowest BCUT2D eigenvalue weighted by atomic mass is 10.1. The van der Waals surface area contributed by atoms with Crippen LogP contribution in [0.15, 0.2) is 24.3 Å². The summed E-state index contributed by atoms with van der Waals surface area (Å²) in [6, 6.07) is 8.22. The zero-order valence-corrected chi connectivity index (χ0v) is 11.4. The second-order valence-electron chi connectivity index (χ2n) is 4.26. The van der Waals surface area contributed by atoms with Gasteiger partial charge in [-0.05, 0) is 31.7 Å². The van der Waals surface area contributed by atoms with Crippen LogP contribution in [-0.4, -0.2) is 38.3 Å². The summed E-state index contributed by atoms with van der Waals surface area (Å²) in [7, 11) is 3.75. The number of likely N-dealkylation sites (N-methyl/N-ethyl adjacent to an activating group) is 1.